The van der Waals surface area contributed by atoms with Crippen LogP contribution in [0.1, 0.15) is 17.4 Å². The van der Waals surface area contributed by atoms with E-state index in [9.17, 15) is 9.59 Å². The molecule has 0 radical (unpaired) electrons. The topological polar surface area (TPSA) is 66.8 Å². The van der Waals surface area contributed by atoms with Gasteiger partial charge in [0.15, 0.2) is 0 Å². The van der Waals surface area contributed by atoms with Gasteiger partial charge >= 0.3 is 0 Å². The largest absolute Gasteiger partial charge is 0.378 e. The van der Waals surface area contributed by atoms with Gasteiger partial charge in [0.05, 0.1) is 18.2 Å². The van der Waals surface area contributed by atoms with E-state index in [4.69, 9.17) is 16.3 Å². The van der Waals surface area contributed by atoms with E-state index in [-0.39, 0.29) is 18.4 Å². The molecule has 3 aromatic rings. The monoisotopic (exact) mass is 454 g/mol. The first-order valence-electron chi connectivity index (χ1n) is 10.7. The van der Waals surface area contributed by atoms with Crippen LogP contribution in [-0.4, -0.2) is 60.7 Å². The molecule has 168 valence electrons. The van der Waals surface area contributed by atoms with Gasteiger partial charge in [0, 0.05) is 49.0 Å². The molecule has 0 spiro atoms. The maximum atomic E-state index is 13.2. The Bertz CT molecular complexity index is 1080. The molecule has 1 aliphatic heterocycles. The van der Waals surface area contributed by atoms with Gasteiger partial charge < -0.3 is 24.4 Å². The van der Waals surface area contributed by atoms with Gasteiger partial charge in [0.1, 0.15) is 12.2 Å². The fraction of sp³-hybridized carbons (Fsp3) is 0.333. The number of halogens is 1. The normalized spacial score (nSPS) is 13.9. The third-order valence-corrected chi connectivity index (χ3v) is 6.16. The summed E-state index contributed by atoms with van der Waals surface area (Å²) in [4.78, 5) is 29.6. The number of ether oxygens (including phenoxy) is 1. The molecule has 0 bridgehead atoms. The van der Waals surface area contributed by atoms with Crippen molar-refractivity contribution in [1.82, 2.24) is 9.47 Å². The van der Waals surface area contributed by atoms with E-state index >= 15 is 0 Å². The van der Waals surface area contributed by atoms with Crippen LogP contribution in [0.3, 0.4) is 0 Å². The summed E-state index contributed by atoms with van der Waals surface area (Å²) in [6.07, 6.45) is 0. The van der Waals surface area contributed by atoms with E-state index in [2.05, 4.69) is 10.2 Å². The molecule has 1 aliphatic rings. The van der Waals surface area contributed by atoms with Gasteiger partial charge in [-0.15, -0.1) is 0 Å². The van der Waals surface area contributed by atoms with E-state index in [1.807, 2.05) is 62.5 Å². The first-order valence-corrected chi connectivity index (χ1v) is 11.1. The summed E-state index contributed by atoms with van der Waals surface area (Å²) in [6.45, 7) is 5.34. The first kappa shape index (κ1) is 22.2. The molecule has 1 saturated heterocycles. The number of aromatic nitrogens is 1. The zero-order chi connectivity index (χ0) is 22.7. The SMILES string of the molecule is CCN(CC(=O)Nc1ccc(N2CCOCC2)cc1)C(=O)c1c(Cl)c2ccccc2n1C. The number of para-hydroxylation sites is 1. The summed E-state index contributed by atoms with van der Waals surface area (Å²) < 4.78 is 7.17. The predicted octanol–water partition coefficient (Wildman–Crippen LogP) is 3.77. The molecule has 2 amide bonds. The Kier molecular flexibility index (Phi) is 6.67. The highest BCUT2D eigenvalue weighted by Gasteiger charge is 2.25. The van der Waals surface area contributed by atoms with Crippen LogP contribution >= 0.6 is 11.6 Å². The number of rotatable bonds is 6. The van der Waals surface area contributed by atoms with Crippen molar-refractivity contribution in [3.05, 3.63) is 59.2 Å². The van der Waals surface area contributed by atoms with Crippen LogP contribution in [0.4, 0.5) is 11.4 Å². The van der Waals surface area contributed by atoms with Crippen molar-refractivity contribution in [1.29, 1.82) is 0 Å². The van der Waals surface area contributed by atoms with Crippen molar-refractivity contribution in [2.75, 3.05) is 49.6 Å². The zero-order valence-corrected chi connectivity index (χ0v) is 19.1. The number of morpholine rings is 1. The van der Waals surface area contributed by atoms with Gasteiger partial charge in [-0.2, -0.15) is 0 Å². The van der Waals surface area contributed by atoms with Crippen LogP contribution in [0.25, 0.3) is 10.9 Å². The second-order valence-electron chi connectivity index (χ2n) is 7.75. The molecule has 0 aliphatic carbocycles. The van der Waals surface area contributed by atoms with Crippen LogP contribution in [0.15, 0.2) is 48.5 Å². The fourth-order valence-electron chi connectivity index (χ4n) is 4.01. The standard InChI is InChI=1S/C24H27ClN4O3/c1-3-28(24(31)23-22(25)19-6-4-5-7-20(19)27(23)2)16-21(30)26-17-8-10-18(11-9-17)29-12-14-32-15-13-29/h4-11H,3,12-16H2,1-2H3,(H,26,30). The second-order valence-corrected chi connectivity index (χ2v) is 8.13. The fourth-order valence-corrected chi connectivity index (χ4v) is 4.38. The van der Waals surface area contributed by atoms with Crippen molar-refractivity contribution in [2.24, 2.45) is 7.05 Å². The van der Waals surface area contributed by atoms with Gasteiger partial charge in [0.25, 0.3) is 5.91 Å². The average molecular weight is 455 g/mol. The lowest BCUT2D eigenvalue weighted by atomic mass is 10.2. The molecule has 32 heavy (non-hydrogen) atoms. The number of benzene rings is 2. The zero-order valence-electron chi connectivity index (χ0n) is 18.3. The summed E-state index contributed by atoms with van der Waals surface area (Å²) in [7, 11) is 1.81. The Hall–Kier alpha value is -3.03. The van der Waals surface area contributed by atoms with Crippen molar-refractivity contribution < 1.29 is 14.3 Å². The molecular formula is C24H27ClN4O3. The van der Waals surface area contributed by atoms with Crippen molar-refractivity contribution in [3.63, 3.8) is 0 Å². The summed E-state index contributed by atoms with van der Waals surface area (Å²) in [5.74, 6) is -0.525. The first-order chi connectivity index (χ1) is 15.5. The lowest BCUT2D eigenvalue weighted by Crippen LogP contribution is -2.38. The minimum Gasteiger partial charge on any atom is -0.378 e. The van der Waals surface area contributed by atoms with Crippen molar-refractivity contribution in [3.8, 4) is 0 Å². The van der Waals surface area contributed by atoms with Crippen molar-refractivity contribution in [2.45, 2.75) is 6.92 Å². The number of amides is 2. The molecule has 0 saturated carbocycles. The molecule has 7 nitrogen and oxygen atoms in total. The Balaban J connectivity index is 1.43. The third kappa shape index (κ3) is 4.45. The molecule has 8 heteroatoms. The number of anilines is 2. The van der Waals surface area contributed by atoms with E-state index in [1.165, 1.54) is 4.90 Å². The molecule has 2 heterocycles. The number of nitrogens with one attached hydrogen (secondary N) is 1. The number of carbonyl (C=O) groups excluding carboxylic acids is 2. The summed E-state index contributed by atoms with van der Waals surface area (Å²) >= 11 is 6.52. The minimum absolute atomic E-state index is 0.0571. The average Bonchev–Trinajstić information content (AvgIpc) is 3.08. The number of fused-ring (bicyclic) bond motifs is 1. The van der Waals surface area contributed by atoms with Crippen LogP contribution in [0.2, 0.25) is 5.02 Å². The molecule has 0 unspecified atom stereocenters. The highest BCUT2D eigenvalue weighted by Crippen LogP contribution is 2.30. The smallest absolute Gasteiger partial charge is 0.272 e. The number of likely N-dealkylation sites (N-methyl/N-ethyl adjacent to an activating group) is 1. The number of nitrogens with zero attached hydrogens (tertiary/aromatic N) is 3. The summed E-state index contributed by atoms with van der Waals surface area (Å²) in [5, 5.41) is 4.11. The Morgan fingerprint density at radius 1 is 1.09 bits per heavy atom. The molecule has 1 N–H and O–H groups in total. The van der Waals surface area contributed by atoms with E-state index < -0.39 is 0 Å². The van der Waals surface area contributed by atoms with Crippen LogP contribution in [0, 0.1) is 0 Å². The lowest BCUT2D eigenvalue weighted by molar-refractivity contribution is -0.116. The predicted molar refractivity (Wildman–Crippen MR) is 128 cm³/mol. The minimum atomic E-state index is -0.269. The third-order valence-electron chi connectivity index (χ3n) is 5.78. The van der Waals surface area contributed by atoms with Gasteiger partial charge in [-0.05, 0) is 37.3 Å². The Labute approximate surface area is 192 Å². The van der Waals surface area contributed by atoms with Crippen LogP contribution < -0.4 is 10.2 Å². The molecule has 2 aromatic carbocycles. The van der Waals surface area contributed by atoms with Gasteiger partial charge in [-0.25, -0.2) is 0 Å². The molecule has 1 aromatic heterocycles. The summed E-state index contributed by atoms with van der Waals surface area (Å²) in [6, 6.07) is 15.3. The van der Waals surface area contributed by atoms with Gasteiger partial charge in [-0.1, -0.05) is 29.8 Å². The quantitative estimate of drug-likeness (QED) is 0.615. The maximum Gasteiger partial charge on any atom is 0.272 e. The number of aryl methyl sites for hydroxylation is 1. The maximum absolute atomic E-state index is 13.2. The summed E-state index contributed by atoms with van der Waals surface area (Å²) in [5.41, 5.74) is 3.05. The van der Waals surface area contributed by atoms with E-state index in [0.717, 1.165) is 42.9 Å². The highest BCUT2D eigenvalue weighted by molar-refractivity contribution is 6.38. The highest BCUT2D eigenvalue weighted by atomic mass is 35.5. The number of carbonyl (C=O) groups is 2. The Morgan fingerprint density at radius 2 is 1.78 bits per heavy atom. The molecule has 1 fully saturated rings. The Morgan fingerprint density at radius 3 is 2.44 bits per heavy atom. The molecule has 0 atom stereocenters. The van der Waals surface area contributed by atoms with Crippen LogP contribution in [-0.2, 0) is 16.6 Å². The molecule has 4 rings (SSSR count). The number of hydrogen-bond donors (Lipinski definition) is 1. The lowest BCUT2D eigenvalue weighted by Gasteiger charge is -2.29. The number of hydrogen-bond acceptors (Lipinski definition) is 4. The van der Waals surface area contributed by atoms with E-state index in [0.29, 0.717) is 22.9 Å². The second kappa shape index (κ2) is 9.63. The molecular weight excluding hydrogens is 428 g/mol. The van der Waals surface area contributed by atoms with Gasteiger partial charge in [0.2, 0.25) is 5.91 Å². The van der Waals surface area contributed by atoms with Crippen molar-refractivity contribution >= 4 is 45.7 Å². The van der Waals surface area contributed by atoms with Crippen LogP contribution in [0.5, 0.6) is 0 Å². The van der Waals surface area contributed by atoms with Gasteiger partial charge in [-0.3, -0.25) is 9.59 Å². The van der Waals surface area contributed by atoms with E-state index in [1.54, 1.807) is 4.57 Å².